The van der Waals surface area contributed by atoms with Gasteiger partial charge in [-0.2, -0.15) is 0 Å². The van der Waals surface area contributed by atoms with E-state index in [2.05, 4.69) is 39.9 Å². The third kappa shape index (κ3) is 12.2. The summed E-state index contributed by atoms with van der Waals surface area (Å²) in [5.74, 6) is 0. The molecule has 0 aromatic rings. The largest absolute Gasteiger partial charge is 0.382 e. The summed E-state index contributed by atoms with van der Waals surface area (Å²) in [4.78, 5) is 0. The van der Waals surface area contributed by atoms with Crippen LogP contribution >= 0.6 is 0 Å². The SMILES string of the molecule is CCCNC(CCCOCC)CCC(C)(C)C. The van der Waals surface area contributed by atoms with Crippen molar-refractivity contribution < 1.29 is 4.74 Å². The minimum atomic E-state index is 0.450. The van der Waals surface area contributed by atoms with Gasteiger partial charge in [-0.3, -0.25) is 0 Å². The van der Waals surface area contributed by atoms with E-state index in [0.717, 1.165) is 19.8 Å². The highest BCUT2D eigenvalue weighted by molar-refractivity contribution is 4.71. The first-order valence-corrected chi connectivity index (χ1v) is 7.30. The summed E-state index contributed by atoms with van der Waals surface area (Å²) in [5.41, 5.74) is 0.450. The molecule has 0 amide bonds. The lowest BCUT2D eigenvalue weighted by Gasteiger charge is -2.24. The van der Waals surface area contributed by atoms with Crippen LogP contribution in [-0.2, 0) is 4.74 Å². The second-order valence-electron chi connectivity index (χ2n) is 6.09. The lowest BCUT2D eigenvalue weighted by Crippen LogP contribution is -2.31. The highest BCUT2D eigenvalue weighted by Gasteiger charge is 2.14. The van der Waals surface area contributed by atoms with E-state index in [-0.39, 0.29) is 0 Å². The summed E-state index contributed by atoms with van der Waals surface area (Å²) < 4.78 is 5.41. The first kappa shape index (κ1) is 16.9. The van der Waals surface area contributed by atoms with E-state index < -0.39 is 0 Å². The fourth-order valence-corrected chi connectivity index (χ4v) is 1.88. The molecule has 2 nitrogen and oxygen atoms in total. The van der Waals surface area contributed by atoms with Crippen molar-refractivity contribution in [3.05, 3.63) is 0 Å². The summed E-state index contributed by atoms with van der Waals surface area (Å²) in [7, 11) is 0. The second-order valence-corrected chi connectivity index (χ2v) is 6.09. The Morgan fingerprint density at radius 1 is 1.12 bits per heavy atom. The van der Waals surface area contributed by atoms with Crippen molar-refractivity contribution in [1.29, 1.82) is 0 Å². The molecule has 0 rings (SSSR count). The normalized spacial score (nSPS) is 13.9. The monoisotopic (exact) mass is 243 g/mol. The number of rotatable bonds is 10. The van der Waals surface area contributed by atoms with Gasteiger partial charge in [0.15, 0.2) is 0 Å². The van der Waals surface area contributed by atoms with Crippen LogP contribution in [0.4, 0.5) is 0 Å². The molecule has 17 heavy (non-hydrogen) atoms. The van der Waals surface area contributed by atoms with Gasteiger partial charge in [0.1, 0.15) is 0 Å². The van der Waals surface area contributed by atoms with Crippen LogP contribution in [0.25, 0.3) is 0 Å². The van der Waals surface area contributed by atoms with Gasteiger partial charge in [-0.25, -0.2) is 0 Å². The molecular formula is C15H33NO. The predicted octanol–water partition coefficient (Wildman–Crippen LogP) is 4.00. The second kappa shape index (κ2) is 9.90. The van der Waals surface area contributed by atoms with Gasteiger partial charge in [0, 0.05) is 19.3 Å². The maximum atomic E-state index is 5.41. The van der Waals surface area contributed by atoms with Gasteiger partial charge in [0.05, 0.1) is 0 Å². The van der Waals surface area contributed by atoms with Crippen molar-refractivity contribution in [2.75, 3.05) is 19.8 Å². The number of ether oxygens (including phenoxy) is 1. The van der Waals surface area contributed by atoms with Gasteiger partial charge in [0.2, 0.25) is 0 Å². The summed E-state index contributed by atoms with van der Waals surface area (Å²) in [6.45, 7) is 14.2. The van der Waals surface area contributed by atoms with Crippen LogP contribution in [-0.4, -0.2) is 25.8 Å². The zero-order chi connectivity index (χ0) is 13.1. The molecule has 0 spiro atoms. The molecule has 0 heterocycles. The average Bonchev–Trinajstić information content (AvgIpc) is 2.25. The van der Waals surface area contributed by atoms with Crippen LogP contribution in [0.15, 0.2) is 0 Å². The molecule has 0 fully saturated rings. The Morgan fingerprint density at radius 3 is 2.35 bits per heavy atom. The first-order chi connectivity index (χ1) is 7.99. The zero-order valence-corrected chi connectivity index (χ0v) is 12.6. The van der Waals surface area contributed by atoms with E-state index in [1.54, 1.807) is 0 Å². The summed E-state index contributed by atoms with van der Waals surface area (Å²) in [5, 5.41) is 3.66. The molecular weight excluding hydrogens is 210 g/mol. The number of hydrogen-bond acceptors (Lipinski definition) is 2. The van der Waals surface area contributed by atoms with Crippen LogP contribution in [0.3, 0.4) is 0 Å². The van der Waals surface area contributed by atoms with E-state index >= 15 is 0 Å². The predicted molar refractivity (Wildman–Crippen MR) is 76.5 cm³/mol. The topological polar surface area (TPSA) is 21.3 Å². The van der Waals surface area contributed by atoms with Crippen molar-refractivity contribution in [2.45, 2.75) is 72.8 Å². The van der Waals surface area contributed by atoms with Crippen LogP contribution in [0.1, 0.15) is 66.7 Å². The van der Waals surface area contributed by atoms with E-state index in [9.17, 15) is 0 Å². The van der Waals surface area contributed by atoms with Gasteiger partial charge in [-0.1, -0.05) is 27.7 Å². The van der Waals surface area contributed by atoms with Crippen molar-refractivity contribution in [1.82, 2.24) is 5.32 Å². The number of nitrogens with one attached hydrogen (secondary N) is 1. The van der Waals surface area contributed by atoms with Crippen LogP contribution < -0.4 is 5.32 Å². The van der Waals surface area contributed by atoms with Crippen molar-refractivity contribution in [3.63, 3.8) is 0 Å². The average molecular weight is 243 g/mol. The summed E-state index contributed by atoms with van der Waals surface area (Å²) >= 11 is 0. The Hall–Kier alpha value is -0.0800. The fourth-order valence-electron chi connectivity index (χ4n) is 1.88. The molecule has 0 bridgehead atoms. The van der Waals surface area contributed by atoms with Crippen LogP contribution in [0.2, 0.25) is 0 Å². The molecule has 2 heteroatoms. The Bertz CT molecular complexity index is 163. The highest BCUT2D eigenvalue weighted by atomic mass is 16.5. The zero-order valence-electron chi connectivity index (χ0n) is 12.6. The number of hydrogen-bond donors (Lipinski definition) is 1. The molecule has 104 valence electrons. The Kier molecular flexibility index (Phi) is 9.85. The highest BCUT2D eigenvalue weighted by Crippen LogP contribution is 2.22. The first-order valence-electron chi connectivity index (χ1n) is 7.30. The van der Waals surface area contributed by atoms with Crippen molar-refractivity contribution in [2.24, 2.45) is 5.41 Å². The molecule has 1 unspecified atom stereocenters. The minimum absolute atomic E-state index is 0.450. The lowest BCUT2D eigenvalue weighted by molar-refractivity contribution is 0.139. The Labute approximate surface area is 109 Å². The molecule has 0 aliphatic rings. The van der Waals surface area contributed by atoms with Gasteiger partial charge < -0.3 is 10.1 Å². The van der Waals surface area contributed by atoms with E-state index in [0.29, 0.717) is 11.5 Å². The molecule has 1 N–H and O–H groups in total. The third-order valence-corrected chi connectivity index (χ3v) is 2.97. The molecule has 0 radical (unpaired) electrons. The van der Waals surface area contributed by atoms with Gasteiger partial charge >= 0.3 is 0 Å². The summed E-state index contributed by atoms with van der Waals surface area (Å²) in [6, 6.07) is 0.676. The standard InChI is InChI=1S/C15H33NO/c1-6-12-16-14(9-8-13-17-7-2)10-11-15(3,4)5/h14,16H,6-13H2,1-5H3. The molecule has 0 saturated carbocycles. The van der Waals surface area contributed by atoms with Gasteiger partial charge in [-0.15, -0.1) is 0 Å². The summed E-state index contributed by atoms with van der Waals surface area (Å²) in [6.07, 6.45) is 6.23. The van der Waals surface area contributed by atoms with E-state index in [1.807, 2.05) is 0 Å². The molecule has 0 aliphatic heterocycles. The fraction of sp³-hybridized carbons (Fsp3) is 1.00. The molecule has 1 atom stereocenters. The Balaban J connectivity index is 3.79. The molecule has 0 aromatic carbocycles. The Morgan fingerprint density at radius 2 is 1.82 bits per heavy atom. The van der Waals surface area contributed by atoms with Crippen molar-refractivity contribution >= 4 is 0 Å². The van der Waals surface area contributed by atoms with E-state index in [4.69, 9.17) is 4.74 Å². The lowest BCUT2D eigenvalue weighted by atomic mass is 9.88. The molecule has 0 aliphatic carbocycles. The maximum absolute atomic E-state index is 5.41. The van der Waals surface area contributed by atoms with Crippen LogP contribution in [0.5, 0.6) is 0 Å². The smallest absolute Gasteiger partial charge is 0.0466 e. The quantitative estimate of drug-likeness (QED) is 0.586. The van der Waals surface area contributed by atoms with E-state index in [1.165, 1.54) is 32.1 Å². The maximum Gasteiger partial charge on any atom is 0.0466 e. The molecule has 0 aromatic heterocycles. The van der Waals surface area contributed by atoms with Crippen molar-refractivity contribution in [3.8, 4) is 0 Å². The van der Waals surface area contributed by atoms with Gasteiger partial charge in [0.25, 0.3) is 0 Å². The third-order valence-electron chi connectivity index (χ3n) is 2.97. The molecule has 0 saturated heterocycles. The van der Waals surface area contributed by atoms with Gasteiger partial charge in [-0.05, 0) is 51.0 Å². The minimum Gasteiger partial charge on any atom is -0.382 e. The van der Waals surface area contributed by atoms with Crippen LogP contribution in [0, 0.1) is 5.41 Å².